The van der Waals surface area contributed by atoms with Crippen molar-refractivity contribution in [1.82, 2.24) is 8.87 Å². The molecule has 4 rings (SSSR count). The topological polar surface area (TPSA) is 81.0 Å². The molecule has 1 unspecified atom stereocenters. The summed E-state index contributed by atoms with van der Waals surface area (Å²) in [7, 11) is -2.19. The molecule has 10 heteroatoms. The number of aromatic nitrogens is 1. The van der Waals surface area contributed by atoms with Crippen LogP contribution >= 0.6 is 27.3 Å². The van der Waals surface area contributed by atoms with Gasteiger partial charge in [0.25, 0.3) is 5.91 Å². The number of methoxy groups -OCH3 is 1. The van der Waals surface area contributed by atoms with Gasteiger partial charge in [0.2, 0.25) is 10.0 Å². The summed E-state index contributed by atoms with van der Waals surface area (Å²) in [6, 6.07) is 12.1. The third kappa shape index (κ3) is 4.92. The number of sulfonamides is 1. The third-order valence-corrected chi connectivity index (χ3v) is 8.94. The fourth-order valence-electron chi connectivity index (χ4n) is 3.82. The monoisotopic (exact) mass is 547 g/mol. The molecule has 0 N–H and O–H groups in total. The zero-order valence-corrected chi connectivity index (χ0v) is 21.1. The summed E-state index contributed by atoms with van der Waals surface area (Å²) in [5, 5.41) is 0. The first kappa shape index (κ1) is 23.7. The first-order valence-electron chi connectivity index (χ1n) is 10.3. The Morgan fingerprint density at radius 3 is 2.76 bits per heavy atom. The van der Waals surface area contributed by atoms with Crippen molar-refractivity contribution in [2.24, 2.45) is 10.9 Å². The van der Waals surface area contributed by atoms with Gasteiger partial charge in [-0.15, -0.1) is 6.42 Å². The molecule has 172 valence electrons. The van der Waals surface area contributed by atoms with Crippen molar-refractivity contribution in [1.29, 1.82) is 0 Å². The number of nitrogens with zero attached hydrogens (tertiary/aromatic N) is 3. The molecule has 1 aliphatic heterocycles. The number of thiazole rings is 1. The van der Waals surface area contributed by atoms with Crippen molar-refractivity contribution >= 4 is 53.4 Å². The van der Waals surface area contributed by atoms with Crippen LogP contribution in [0.4, 0.5) is 0 Å². The average Bonchev–Trinajstić information content (AvgIpc) is 3.15. The molecule has 2 heterocycles. The van der Waals surface area contributed by atoms with Crippen molar-refractivity contribution < 1.29 is 17.9 Å². The molecule has 0 saturated carbocycles. The van der Waals surface area contributed by atoms with E-state index in [1.807, 2.05) is 22.8 Å². The quantitative estimate of drug-likeness (QED) is 0.456. The lowest BCUT2D eigenvalue weighted by atomic mass is 9.99. The van der Waals surface area contributed by atoms with Crippen LogP contribution in [-0.2, 0) is 21.4 Å². The van der Waals surface area contributed by atoms with Crippen LogP contribution in [0.5, 0.6) is 5.75 Å². The minimum atomic E-state index is -3.72. The summed E-state index contributed by atoms with van der Waals surface area (Å²) in [5.74, 6) is 2.35. The molecular formula is C23H22BrN3O4S2. The molecule has 1 aromatic heterocycles. The van der Waals surface area contributed by atoms with Gasteiger partial charge in [0, 0.05) is 17.6 Å². The number of halogens is 1. The van der Waals surface area contributed by atoms with Gasteiger partial charge in [-0.1, -0.05) is 33.2 Å². The van der Waals surface area contributed by atoms with Crippen molar-refractivity contribution in [3.8, 4) is 18.1 Å². The molecule has 0 aliphatic carbocycles. The van der Waals surface area contributed by atoms with E-state index in [9.17, 15) is 13.2 Å². The molecule has 1 aliphatic rings. The number of fused-ring (bicyclic) bond motifs is 1. The van der Waals surface area contributed by atoms with Gasteiger partial charge in [0.15, 0.2) is 4.80 Å². The van der Waals surface area contributed by atoms with E-state index in [0.717, 1.165) is 14.7 Å². The second kappa shape index (κ2) is 9.81. The Bertz CT molecular complexity index is 1400. The van der Waals surface area contributed by atoms with Gasteiger partial charge in [0.05, 0.1) is 34.7 Å². The van der Waals surface area contributed by atoms with Crippen molar-refractivity contribution in [3.63, 3.8) is 0 Å². The Morgan fingerprint density at radius 1 is 1.30 bits per heavy atom. The molecule has 3 aromatic rings. The van der Waals surface area contributed by atoms with Gasteiger partial charge in [-0.25, -0.2) is 8.42 Å². The Morgan fingerprint density at radius 2 is 2.06 bits per heavy atom. The molecule has 0 spiro atoms. The molecule has 33 heavy (non-hydrogen) atoms. The number of hydrogen-bond acceptors (Lipinski definition) is 5. The van der Waals surface area contributed by atoms with Gasteiger partial charge < -0.3 is 9.30 Å². The average molecular weight is 548 g/mol. The van der Waals surface area contributed by atoms with Crippen LogP contribution in [0.1, 0.15) is 12.8 Å². The van der Waals surface area contributed by atoms with Crippen LogP contribution < -0.4 is 9.54 Å². The Hall–Kier alpha value is -2.45. The number of carbonyl (C=O) groups excluding carboxylic acids is 1. The minimum absolute atomic E-state index is 0.0995. The number of benzene rings is 2. The summed E-state index contributed by atoms with van der Waals surface area (Å²) in [4.78, 5) is 18.2. The lowest BCUT2D eigenvalue weighted by molar-refractivity contribution is -0.122. The van der Waals surface area contributed by atoms with E-state index in [0.29, 0.717) is 29.9 Å². The summed E-state index contributed by atoms with van der Waals surface area (Å²) < 4.78 is 36.4. The van der Waals surface area contributed by atoms with E-state index in [1.54, 1.807) is 12.1 Å². The van der Waals surface area contributed by atoms with Gasteiger partial charge in [-0.3, -0.25) is 4.79 Å². The number of ether oxygens (including phenoxy) is 1. The highest BCUT2D eigenvalue weighted by molar-refractivity contribution is 9.10. The van der Waals surface area contributed by atoms with Crippen LogP contribution in [0.25, 0.3) is 10.2 Å². The molecule has 1 saturated heterocycles. The maximum absolute atomic E-state index is 13.1. The highest BCUT2D eigenvalue weighted by Crippen LogP contribution is 2.26. The molecule has 1 amide bonds. The largest absolute Gasteiger partial charge is 0.497 e. The van der Waals surface area contributed by atoms with Crippen LogP contribution in [0.15, 0.2) is 56.8 Å². The molecule has 7 nitrogen and oxygen atoms in total. The fourth-order valence-corrected chi connectivity index (χ4v) is 6.93. The van der Waals surface area contributed by atoms with E-state index in [-0.39, 0.29) is 23.9 Å². The number of hydrogen-bond donors (Lipinski definition) is 0. The fraction of sp³-hybridized carbons (Fsp3) is 0.304. The first-order valence-corrected chi connectivity index (χ1v) is 13.3. The number of amides is 1. The highest BCUT2D eigenvalue weighted by Gasteiger charge is 2.33. The summed E-state index contributed by atoms with van der Waals surface area (Å²) in [6.07, 6.45) is 6.71. The molecular weight excluding hydrogens is 526 g/mol. The standard InChI is InChI=1S/C23H22BrN3O4S2/c1-3-12-27-20-11-6-17(24)14-21(20)32-23(27)25-22(28)16-5-4-13-26(15-16)33(29,30)19-9-7-18(31-2)8-10-19/h1,6-11,14,16H,4-5,12-13,15H2,2H3. The molecule has 0 bridgehead atoms. The molecule has 1 fully saturated rings. The highest BCUT2D eigenvalue weighted by atomic mass is 79.9. The van der Waals surface area contributed by atoms with Crippen molar-refractivity contribution in [2.75, 3.05) is 20.2 Å². The zero-order chi connectivity index (χ0) is 23.6. The summed E-state index contributed by atoms with van der Waals surface area (Å²) >= 11 is 4.84. The van der Waals surface area contributed by atoms with E-state index < -0.39 is 15.9 Å². The Kier molecular flexibility index (Phi) is 7.05. The SMILES string of the molecule is C#CCn1c(=NC(=O)C2CCCN(S(=O)(=O)c3ccc(OC)cc3)C2)sc2cc(Br)ccc21. The minimum Gasteiger partial charge on any atom is -0.497 e. The van der Waals surface area contributed by atoms with E-state index in [2.05, 4.69) is 26.8 Å². The second-order valence-electron chi connectivity index (χ2n) is 7.61. The maximum atomic E-state index is 13.1. The van der Waals surface area contributed by atoms with Crippen LogP contribution in [-0.4, -0.2) is 43.4 Å². The van der Waals surface area contributed by atoms with Crippen LogP contribution in [0, 0.1) is 18.3 Å². The number of rotatable bonds is 5. The zero-order valence-electron chi connectivity index (χ0n) is 17.9. The Balaban J connectivity index is 1.61. The predicted molar refractivity (Wildman–Crippen MR) is 131 cm³/mol. The smallest absolute Gasteiger partial charge is 0.252 e. The number of terminal acetylenes is 1. The number of carbonyl (C=O) groups is 1. The van der Waals surface area contributed by atoms with E-state index in [4.69, 9.17) is 11.2 Å². The number of piperidine rings is 1. The summed E-state index contributed by atoms with van der Waals surface area (Å²) in [5.41, 5.74) is 0.903. The normalized spacial score (nSPS) is 17.7. The third-order valence-electron chi connectivity index (χ3n) is 5.53. The van der Waals surface area contributed by atoms with Crippen LogP contribution in [0.2, 0.25) is 0 Å². The maximum Gasteiger partial charge on any atom is 0.252 e. The first-order chi connectivity index (χ1) is 15.8. The van der Waals surface area contributed by atoms with Gasteiger partial charge in [0.1, 0.15) is 5.75 Å². The molecule has 1 atom stereocenters. The van der Waals surface area contributed by atoms with Crippen molar-refractivity contribution in [3.05, 3.63) is 51.7 Å². The van der Waals surface area contributed by atoms with E-state index >= 15 is 0 Å². The lowest BCUT2D eigenvalue weighted by Crippen LogP contribution is -2.42. The Labute approximate surface area is 204 Å². The second-order valence-corrected chi connectivity index (χ2v) is 11.5. The van der Waals surface area contributed by atoms with Gasteiger partial charge in [-0.05, 0) is 55.3 Å². The summed E-state index contributed by atoms with van der Waals surface area (Å²) in [6.45, 7) is 0.755. The lowest BCUT2D eigenvalue weighted by Gasteiger charge is -2.30. The molecule has 2 aromatic carbocycles. The van der Waals surface area contributed by atoms with Gasteiger partial charge >= 0.3 is 0 Å². The predicted octanol–water partition coefficient (Wildman–Crippen LogP) is 3.64. The van der Waals surface area contributed by atoms with Gasteiger partial charge in [-0.2, -0.15) is 9.30 Å². The van der Waals surface area contributed by atoms with E-state index in [1.165, 1.54) is 34.9 Å². The van der Waals surface area contributed by atoms with Crippen LogP contribution in [0.3, 0.4) is 0 Å². The van der Waals surface area contributed by atoms with Crippen molar-refractivity contribution in [2.45, 2.75) is 24.3 Å². The molecule has 0 radical (unpaired) electrons.